The van der Waals surface area contributed by atoms with Crippen molar-refractivity contribution >= 4 is 37.3 Å². The van der Waals surface area contributed by atoms with Gasteiger partial charge in [0.2, 0.25) is 17.0 Å². The van der Waals surface area contributed by atoms with E-state index in [-0.39, 0.29) is 4.90 Å². The SMILES string of the molecule is COC(=O)[C@](CCC(=O)O)([C@@H](C(=O)O)N1C(=O)CCC1=O)P(=O)(O)O. The number of hydrogen-bond acceptors (Lipinski definition) is 7. The second-order valence-electron chi connectivity index (χ2n) is 5.25. The Kier molecular flexibility index (Phi) is 6.05. The molecule has 0 unspecified atom stereocenters. The van der Waals surface area contributed by atoms with E-state index in [1.165, 1.54) is 0 Å². The number of carboxylic acids is 2. The highest BCUT2D eigenvalue weighted by Gasteiger charge is 2.66. The molecule has 4 N–H and O–H groups in total. The third-order valence-corrected chi connectivity index (χ3v) is 5.50. The molecule has 0 bridgehead atoms. The number of methoxy groups -OCH3 is 1. The minimum Gasteiger partial charge on any atom is -0.481 e. The Balaban J connectivity index is 3.69. The largest absolute Gasteiger partial charge is 0.481 e. The second-order valence-corrected chi connectivity index (χ2v) is 7.14. The second kappa shape index (κ2) is 7.30. The van der Waals surface area contributed by atoms with E-state index in [9.17, 15) is 43.4 Å². The van der Waals surface area contributed by atoms with Crippen LogP contribution in [0.25, 0.3) is 0 Å². The average molecular weight is 381 g/mol. The number of imide groups is 1. The number of amides is 2. The first-order valence-corrected chi connectivity index (χ1v) is 8.45. The van der Waals surface area contributed by atoms with E-state index in [2.05, 4.69) is 4.74 Å². The van der Waals surface area contributed by atoms with Crippen LogP contribution >= 0.6 is 7.60 Å². The fraction of sp³-hybridized carbons (Fsp3) is 0.583. The summed E-state index contributed by atoms with van der Waals surface area (Å²) in [5, 5.41) is 15.0. The monoisotopic (exact) mass is 381 g/mol. The van der Waals surface area contributed by atoms with Gasteiger partial charge < -0.3 is 24.7 Å². The van der Waals surface area contributed by atoms with Crippen molar-refractivity contribution in [2.24, 2.45) is 0 Å². The van der Waals surface area contributed by atoms with Gasteiger partial charge in [-0.2, -0.15) is 0 Å². The number of carbonyl (C=O) groups is 5. The summed E-state index contributed by atoms with van der Waals surface area (Å²) < 4.78 is 16.4. The van der Waals surface area contributed by atoms with Crippen molar-refractivity contribution < 1.29 is 53.3 Å². The van der Waals surface area contributed by atoms with Crippen molar-refractivity contribution in [3.63, 3.8) is 0 Å². The van der Waals surface area contributed by atoms with E-state index in [0.717, 1.165) is 0 Å². The van der Waals surface area contributed by atoms with Gasteiger partial charge in [-0.15, -0.1) is 0 Å². The Morgan fingerprint density at radius 3 is 2.00 bits per heavy atom. The van der Waals surface area contributed by atoms with Crippen molar-refractivity contribution in [3.05, 3.63) is 0 Å². The number of nitrogens with zero attached hydrogens (tertiary/aromatic N) is 1. The zero-order valence-electron chi connectivity index (χ0n) is 12.9. The van der Waals surface area contributed by atoms with Crippen LogP contribution in [-0.4, -0.2) is 72.9 Å². The van der Waals surface area contributed by atoms with Crippen LogP contribution < -0.4 is 0 Å². The van der Waals surface area contributed by atoms with Gasteiger partial charge in [-0.3, -0.25) is 28.6 Å². The van der Waals surface area contributed by atoms with Crippen LogP contribution in [0.2, 0.25) is 0 Å². The number of aliphatic carboxylic acids is 2. The topological polar surface area (TPSA) is 196 Å². The van der Waals surface area contributed by atoms with Crippen LogP contribution in [0.3, 0.4) is 0 Å². The van der Waals surface area contributed by atoms with Gasteiger partial charge in [-0.25, -0.2) is 4.79 Å². The van der Waals surface area contributed by atoms with Crippen LogP contribution in [-0.2, 0) is 33.3 Å². The minimum absolute atomic E-state index is 0.0835. The summed E-state index contributed by atoms with van der Waals surface area (Å²) >= 11 is 0. The van der Waals surface area contributed by atoms with E-state index >= 15 is 0 Å². The molecule has 1 aliphatic rings. The molecule has 1 aliphatic heterocycles. The maximum absolute atomic E-state index is 12.2. The standard InChI is InChI=1S/C12H16NO11P/c1-24-11(20)12(25(21,22)23,5-4-8(16)17)9(10(18)19)13-6(14)2-3-7(13)15/h9H,2-5H2,1H3,(H,16,17)(H,18,19)(H2,21,22,23)/t9-,12+/m1/s1. The van der Waals surface area contributed by atoms with Gasteiger partial charge in [0.1, 0.15) is 0 Å². The Bertz CT molecular complexity index is 652. The molecule has 13 heteroatoms. The highest BCUT2D eigenvalue weighted by atomic mass is 31.2. The number of carboxylic acid groups (broad SMARTS) is 2. The van der Waals surface area contributed by atoms with Crippen LogP contribution in [0, 0.1) is 0 Å². The van der Waals surface area contributed by atoms with E-state index in [4.69, 9.17) is 5.11 Å². The van der Waals surface area contributed by atoms with Crippen molar-refractivity contribution in [2.45, 2.75) is 36.9 Å². The molecular formula is C12H16NO11P. The number of likely N-dealkylation sites (tertiary alicyclic amines) is 1. The first kappa shape index (κ1) is 20.7. The number of esters is 1. The molecule has 0 radical (unpaired) electrons. The molecule has 0 saturated carbocycles. The normalized spacial score (nSPS) is 18.6. The Morgan fingerprint density at radius 2 is 1.68 bits per heavy atom. The summed E-state index contributed by atoms with van der Waals surface area (Å²) in [6.07, 6.45) is -2.98. The fourth-order valence-corrected chi connectivity index (χ4v) is 3.94. The molecule has 0 aromatic heterocycles. The summed E-state index contributed by atoms with van der Waals surface area (Å²) in [5.74, 6) is -7.46. The highest BCUT2D eigenvalue weighted by molar-refractivity contribution is 7.55. The molecule has 0 spiro atoms. The lowest BCUT2D eigenvalue weighted by atomic mass is 9.91. The first-order valence-electron chi connectivity index (χ1n) is 6.83. The van der Waals surface area contributed by atoms with Crippen molar-refractivity contribution in [2.75, 3.05) is 7.11 Å². The van der Waals surface area contributed by atoms with Crippen LogP contribution in [0.15, 0.2) is 0 Å². The molecular weight excluding hydrogens is 365 g/mol. The van der Waals surface area contributed by atoms with Crippen molar-refractivity contribution in [1.29, 1.82) is 0 Å². The van der Waals surface area contributed by atoms with E-state index in [1.807, 2.05) is 0 Å². The highest BCUT2D eigenvalue weighted by Crippen LogP contribution is 2.57. The minimum atomic E-state index is -5.72. The zero-order valence-corrected chi connectivity index (χ0v) is 13.8. The molecule has 0 aliphatic carbocycles. The quantitative estimate of drug-likeness (QED) is 0.218. The Hall–Kier alpha value is -2.30. The van der Waals surface area contributed by atoms with Gasteiger partial charge in [0.15, 0.2) is 6.04 Å². The van der Waals surface area contributed by atoms with Gasteiger partial charge >= 0.3 is 25.5 Å². The predicted molar refractivity (Wildman–Crippen MR) is 76.2 cm³/mol. The Morgan fingerprint density at radius 1 is 1.20 bits per heavy atom. The lowest BCUT2D eigenvalue weighted by Gasteiger charge is -2.39. The van der Waals surface area contributed by atoms with Crippen LogP contribution in [0.5, 0.6) is 0 Å². The third-order valence-electron chi connectivity index (χ3n) is 3.81. The molecule has 25 heavy (non-hydrogen) atoms. The summed E-state index contributed by atoms with van der Waals surface area (Å²) in [5.41, 5.74) is 0. The van der Waals surface area contributed by atoms with Gasteiger partial charge in [0, 0.05) is 19.3 Å². The maximum atomic E-state index is 12.2. The average Bonchev–Trinajstić information content (AvgIpc) is 2.80. The molecule has 1 rings (SSSR count). The number of hydrogen-bond donors (Lipinski definition) is 4. The number of ether oxygens (including phenoxy) is 1. The molecule has 140 valence electrons. The summed E-state index contributed by atoms with van der Waals surface area (Å²) in [6.45, 7) is 0. The fourth-order valence-electron chi connectivity index (χ4n) is 2.66. The predicted octanol–water partition coefficient (Wildman–Crippen LogP) is -1.46. The lowest BCUT2D eigenvalue weighted by molar-refractivity contribution is -0.162. The zero-order chi connectivity index (χ0) is 19.6. The molecule has 2 amide bonds. The molecule has 12 nitrogen and oxygen atoms in total. The molecule has 1 fully saturated rings. The first-order chi connectivity index (χ1) is 11.4. The van der Waals surface area contributed by atoms with Crippen molar-refractivity contribution in [3.8, 4) is 0 Å². The maximum Gasteiger partial charge on any atom is 0.345 e. The van der Waals surface area contributed by atoms with Gasteiger partial charge in [0.05, 0.1) is 7.11 Å². The van der Waals surface area contributed by atoms with E-state index in [1.54, 1.807) is 0 Å². The summed E-state index contributed by atoms with van der Waals surface area (Å²) in [7, 11) is -5.01. The summed E-state index contributed by atoms with van der Waals surface area (Å²) in [6, 6.07) is -2.61. The molecule has 1 heterocycles. The van der Waals surface area contributed by atoms with Crippen LogP contribution in [0.4, 0.5) is 0 Å². The molecule has 2 atom stereocenters. The molecule has 1 saturated heterocycles. The molecule has 0 aromatic rings. The third kappa shape index (κ3) is 3.70. The van der Waals surface area contributed by atoms with Gasteiger partial charge in [0.25, 0.3) is 0 Å². The van der Waals surface area contributed by atoms with E-state index < -0.39 is 74.2 Å². The molecule has 0 aromatic carbocycles. The summed E-state index contributed by atoms with van der Waals surface area (Å²) in [4.78, 5) is 77.9. The van der Waals surface area contributed by atoms with Gasteiger partial charge in [-0.05, 0) is 6.42 Å². The Labute approximate surface area is 140 Å². The van der Waals surface area contributed by atoms with Crippen LogP contribution in [0.1, 0.15) is 25.7 Å². The number of carbonyl (C=O) groups excluding carboxylic acids is 3. The lowest BCUT2D eigenvalue weighted by Crippen LogP contribution is -2.62. The smallest absolute Gasteiger partial charge is 0.345 e. The van der Waals surface area contributed by atoms with Crippen molar-refractivity contribution in [1.82, 2.24) is 4.90 Å². The van der Waals surface area contributed by atoms with E-state index in [0.29, 0.717) is 7.11 Å². The van der Waals surface area contributed by atoms with Gasteiger partial charge in [-0.1, -0.05) is 0 Å². The number of rotatable bonds is 8.